The number of carbonyl (C=O) groups is 4. The maximum atomic E-state index is 12.8. The number of aliphatic hydroxyl groups is 1. The zero-order valence-electron chi connectivity index (χ0n) is 19.1. The molecule has 0 aromatic heterocycles. The van der Waals surface area contributed by atoms with Gasteiger partial charge < -0.3 is 31.1 Å². The molecule has 0 spiro atoms. The van der Waals surface area contributed by atoms with E-state index in [0.29, 0.717) is 13.1 Å². The minimum Gasteiger partial charge on any atom is -0.434 e. The molecular formula is C22H28N4O8S. The van der Waals surface area contributed by atoms with Crippen LogP contribution in [0.1, 0.15) is 18.4 Å². The standard InChI is InChI=1S/C22H28N4O8S/c1-35(32,33)15-5-2-13(3-6-15)9-24-10-14-4-7-16(20(23)29)21(30)26(11-14)12-18(27)25-17-8-19(28)34-22(17)31/h2-6,16-17,22,24,31H,7-12H2,1H3,(H2,23,29)(H,25,27). The molecule has 2 aliphatic rings. The molecule has 3 unspecified atom stereocenters. The van der Waals surface area contributed by atoms with Gasteiger partial charge in [0.05, 0.1) is 17.9 Å². The Balaban J connectivity index is 1.61. The van der Waals surface area contributed by atoms with Crippen LogP contribution in [0.25, 0.3) is 0 Å². The minimum absolute atomic E-state index is 0.0682. The van der Waals surface area contributed by atoms with Crippen molar-refractivity contribution >= 4 is 33.5 Å². The highest BCUT2D eigenvalue weighted by atomic mass is 32.2. The summed E-state index contributed by atoms with van der Waals surface area (Å²) in [6, 6.07) is 5.51. The molecular weight excluding hydrogens is 480 g/mol. The summed E-state index contributed by atoms with van der Waals surface area (Å²) >= 11 is 0. The Morgan fingerprint density at radius 2 is 1.89 bits per heavy atom. The Morgan fingerprint density at radius 3 is 2.46 bits per heavy atom. The van der Waals surface area contributed by atoms with Gasteiger partial charge in [0.25, 0.3) is 0 Å². The van der Waals surface area contributed by atoms with E-state index in [1.165, 1.54) is 17.0 Å². The highest BCUT2D eigenvalue weighted by Gasteiger charge is 2.36. The zero-order chi connectivity index (χ0) is 25.8. The van der Waals surface area contributed by atoms with Gasteiger partial charge in [0.15, 0.2) is 9.84 Å². The Kier molecular flexibility index (Phi) is 8.25. The van der Waals surface area contributed by atoms with Crippen LogP contribution < -0.4 is 16.4 Å². The van der Waals surface area contributed by atoms with Crippen molar-refractivity contribution in [3.05, 3.63) is 41.5 Å². The number of nitrogens with two attached hydrogens (primary N) is 1. The summed E-state index contributed by atoms with van der Waals surface area (Å²) in [5.74, 6) is -3.78. The molecule has 1 fully saturated rings. The lowest BCUT2D eigenvalue weighted by Gasteiger charge is -2.25. The van der Waals surface area contributed by atoms with E-state index < -0.39 is 58.3 Å². The second kappa shape index (κ2) is 11.0. The summed E-state index contributed by atoms with van der Waals surface area (Å²) in [7, 11) is -3.28. The van der Waals surface area contributed by atoms with Crippen LogP contribution in [-0.4, -0.2) is 80.3 Å². The van der Waals surface area contributed by atoms with Crippen LogP contribution in [0.15, 0.2) is 40.8 Å². The summed E-state index contributed by atoms with van der Waals surface area (Å²) < 4.78 is 27.8. The van der Waals surface area contributed by atoms with Crippen LogP contribution >= 0.6 is 0 Å². The Hall–Kier alpha value is -3.29. The minimum atomic E-state index is -3.28. The smallest absolute Gasteiger partial charge is 0.310 e. The Bertz CT molecular complexity index is 1130. The SMILES string of the molecule is CS(=O)(=O)c1ccc(CNCC2=CCC(C(N)=O)C(=O)N(CC(=O)NC3CC(=O)OC3O)C2)cc1. The summed E-state index contributed by atoms with van der Waals surface area (Å²) in [6.07, 6.45) is 1.31. The third kappa shape index (κ3) is 7.10. The summed E-state index contributed by atoms with van der Waals surface area (Å²) in [5.41, 5.74) is 6.99. The van der Waals surface area contributed by atoms with Gasteiger partial charge in [-0.05, 0) is 29.7 Å². The summed E-state index contributed by atoms with van der Waals surface area (Å²) in [6.45, 7) is 0.431. The summed E-state index contributed by atoms with van der Waals surface area (Å²) in [4.78, 5) is 49.8. The number of esters is 1. The fraction of sp³-hybridized carbons (Fsp3) is 0.455. The molecule has 190 valence electrons. The van der Waals surface area contributed by atoms with Gasteiger partial charge in [-0.1, -0.05) is 18.2 Å². The molecule has 13 heteroatoms. The maximum Gasteiger partial charge on any atom is 0.310 e. The van der Waals surface area contributed by atoms with Crippen LogP contribution in [0.5, 0.6) is 0 Å². The lowest BCUT2D eigenvalue weighted by molar-refractivity contribution is -0.155. The number of cyclic esters (lactones) is 1. The molecule has 3 rings (SSSR count). The molecule has 3 atom stereocenters. The lowest BCUT2D eigenvalue weighted by atomic mass is 10.0. The quantitative estimate of drug-likeness (QED) is 0.169. The average Bonchev–Trinajstić information content (AvgIpc) is 2.99. The molecule has 1 aromatic rings. The third-order valence-corrected chi connectivity index (χ3v) is 6.81. The van der Waals surface area contributed by atoms with Gasteiger partial charge in [-0.15, -0.1) is 0 Å². The highest BCUT2D eigenvalue weighted by Crippen LogP contribution is 2.18. The van der Waals surface area contributed by atoms with Gasteiger partial charge >= 0.3 is 5.97 Å². The number of benzene rings is 1. The van der Waals surface area contributed by atoms with Gasteiger partial charge in [-0.3, -0.25) is 19.2 Å². The molecule has 2 heterocycles. The van der Waals surface area contributed by atoms with Crippen molar-refractivity contribution in [3.8, 4) is 0 Å². The normalized spacial score (nSPS) is 22.9. The second-order valence-electron chi connectivity index (χ2n) is 8.53. The highest BCUT2D eigenvalue weighted by molar-refractivity contribution is 7.90. The van der Waals surface area contributed by atoms with Crippen molar-refractivity contribution in [2.45, 2.75) is 36.6 Å². The van der Waals surface area contributed by atoms with Crippen LogP contribution in [-0.2, 0) is 40.3 Å². The molecule has 2 aliphatic heterocycles. The van der Waals surface area contributed by atoms with E-state index in [0.717, 1.165) is 17.4 Å². The number of primary amides is 1. The summed E-state index contributed by atoms with van der Waals surface area (Å²) in [5, 5.41) is 15.3. The van der Waals surface area contributed by atoms with Crippen LogP contribution in [0.4, 0.5) is 0 Å². The van der Waals surface area contributed by atoms with Gasteiger partial charge in [0.2, 0.25) is 24.0 Å². The molecule has 3 amide bonds. The van der Waals surface area contributed by atoms with E-state index in [1.807, 2.05) is 0 Å². The van der Waals surface area contributed by atoms with Crippen LogP contribution in [0.3, 0.4) is 0 Å². The number of hydrogen-bond acceptors (Lipinski definition) is 9. The van der Waals surface area contributed by atoms with Crippen molar-refractivity contribution in [3.63, 3.8) is 0 Å². The second-order valence-corrected chi connectivity index (χ2v) is 10.5. The van der Waals surface area contributed by atoms with Gasteiger partial charge in [0, 0.05) is 25.9 Å². The predicted molar refractivity (Wildman–Crippen MR) is 122 cm³/mol. The number of amides is 3. The van der Waals surface area contributed by atoms with Crippen molar-refractivity contribution < 1.29 is 37.4 Å². The number of sulfone groups is 1. The van der Waals surface area contributed by atoms with E-state index in [4.69, 9.17) is 5.73 Å². The lowest BCUT2D eigenvalue weighted by Crippen LogP contribution is -2.49. The van der Waals surface area contributed by atoms with Crippen LogP contribution in [0, 0.1) is 5.92 Å². The molecule has 1 aromatic carbocycles. The number of nitrogens with zero attached hydrogens (tertiary/aromatic N) is 1. The molecule has 1 saturated heterocycles. The number of allylic oxidation sites excluding steroid dienone is 1. The van der Waals surface area contributed by atoms with Gasteiger partial charge in [-0.2, -0.15) is 0 Å². The van der Waals surface area contributed by atoms with Crippen molar-refractivity contribution in [2.75, 3.05) is 25.9 Å². The molecule has 0 radical (unpaired) electrons. The number of ether oxygens (including phenoxy) is 1. The monoisotopic (exact) mass is 508 g/mol. The fourth-order valence-electron chi connectivity index (χ4n) is 3.81. The maximum absolute atomic E-state index is 12.8. The fourth-order valence-corrected chi connectivity index (χ4v) is 4.44. The number of nitrogens with one attached hydrogen (secondary N) is 2. The molecule has 0 aliphatic carbocycles. The number of carbonyl (C=O) groups excluding carboxylic acids is 4. The molecule has 0 bridgehead atoms. The van der Waals surface area contributed by atoms with E-state index in [1.54, 1.807) is 18.2 Å². The predicted octanol–water partition coefficient (Wildman–Crippen LogP) is -1.81. The first kappa shape index (κ1) is 26.3. The first-order valence-electron chi connectivity index (χ1n) is 10.9. The average molecular weight is 509 g/mol. The number of hydrogen-bond donors (Lipinski definition) is 4. The van der Waals surface area contributed by atoms with E-state index in [-0.39, 0.29) is 24.3 Å². The van der Waals surface area contributed by atoms with E-state index >= 15 is 0 Å². The number of rotatable bonds is 9. The Labute approximate surface area is 202 Å². The van der Waals surface area contributed by atoms with Gasteiger partial charge in [-0.25, -0.2) is 8.42 Å². The van der Waals surface area contributed by atoms with Crippen LogP contribution in [0.2, 0.25) is 0 Å². The molecule has 35 heavy (non-hydrogen) atoms. The van der Waals surface area contributed by atoms with Crippen molar-refractivity contribution in [2.24, 2.45) is 11.7 Å². The third-order valence-electron chi connectivity index (χ3n) is 5.69. The van der Waals surface area contributed by atoms with E-state index in [9.17, 15) is 32.7 Å². The zero-order valence-corrected chi connectivity index (χ0v) is 19.9. The van der Waals surface area contributed by atoms with Crippen molar-refractivity contribution in [1.29, 1.82) is 0 Å². The molecule has 5 N–H and O–H groups in total. The van der Waals surface area contributed by atoms with E-state index in [2.05, 4.69) is 15.4 Å². The largest absolute Gasteiger partial charge is 0.434 e. The molecule has 0 saturated carbocycles. The Morgan fingerprint density at radius 1 is 1.20 bits per heavy atom. The van der Waals surface area contributed by atoms with Crippen molar-refractivity contribution in [1.82, 2.24) is 15.5 Å². The van der Waals surface area contributed by atoms with Gasteiger partial charge in [0.1, 0.15) is 12.0 Å². The first-order valence-corrected chi connectivity index (χ1v) is 12.8. The first-order chi connectivity index (χ1) is 16.4. The topological polar surface area (TPSA) is 185 Å². The number of aliphatic hydroxyl groups excluding tert-OH is 1. The molecule has 12 nitrogen and oxygen atoms in total.